The van der Waals surface area contributed by atoms with E-state index in [1.54, 1.807) is 6.07 Å². The number of ether oxygens (including phenoxy) is 2. The maximum absolute atomic E-state index is 13.0. The molecule has 3 N–H and O–H groups in total. The number of allylic oxidation sites excluding steroid dienone is 1. The second-order valence-electron chi connectivity index (χ2n) is 7.51. The summed E-state index contributed by atoms with van der Waals surface area (Å²) >= 11 is 0. The molecule has 0 unspecified atom stereocenters. The third-order valence-electron chi connectivity index (χ3n) is 5.55. The number of benzene rings is 3. The van der Waals surface area contributed by atoms with Gasteiger partial charge in [0.2, 0.25) is 5.88 Å². The second-order valence-corrected chi connectivity index (χ2v) is 7.51. The molecule has 0 saturated carbocycles. The van der Waals surface area contributed by atoms with Crippen molar-refractivity contribution in [3.63, 3.8) is 0 Å². The van der Waals surface area contributed by atoms with Gasteiger partial charge in [-0.15, -0.1) is 0 Å². The van der Waals surface area contributed by atoms with Gasteiger partial charge in [0.15, 0.2) is 0 Å². The molecule has 3 aromatic carbocycles. The number of nitrogens with two attached hydrogens (primary N) is 1. The van der Waals surface area contributed by atoms with Crippen LogP contribution in [0.3, 0.4) is 0 Å². The highest BCUT2D eigenvalue weighted by Gasteiger charge is 2.34. The Morgan fingerprint density at radius 3 is 2.47 bits per heavy atom. The van der Waals surface area contributed by atoms with E-state index in [0.717, 1.165) is 16.5 Å². The number of nitrogens with one attached hydrogen (secondary N) is 1. The number of rotatable bonds is 4. The number of aromatic nitrogens is 1. The quantitative estimate of drug-likeness (QED) is 0.511. The fraction of sp³-hybridized carbons (Fsp3) is 0.0769. The Morgan fingerprint density at radius 2 is 1.72 bits per heavy atom. The summed E-state index contributed by atoms with van der Waals surface area (Å²) in [6.45, 7) is 0.447. The molecule has 6 heteroatoms. The van der Waals surface area contributed by atoms with E-state index in [2.05, 4.69) is 11.1 Å². The predicted octanol–water partition coefficient (Wildman–Crippen LogP) is 4.33. The number of hydrogen-bond acceptors (Lipinski definition) is 5. The van der Waals surface area contributed by atoms with E-state index in [1.165, 1.54) is 0 Å². The number of pyridine rings is 1. The lowest BCUT2D eigenvalue weighted by Crippen LogP contribution is -2.27. The number of H-pyrrole nitrogens is 1. The van der Waals surface area contributed by atoms with Crippen molar-refractivity contribution in [1.29, 1.82) is 5.26 Å². The molecule has 6 nitrogen and oxygen atoms in total. The fourth-order valence-corrected chi connectivity index (χ4v) is 4.00. The molecule has 2 heterocycles. The van der Waals surface area contributed by atoms with E-state index in [4.69, 9.17) is 15.2 Å². The van der Waals surface area contributed by atoms with Crippen LogP contribution in [0.4, 0.5) is 0 Å². The summed E-state index contributed by atoms with van der Waals surface area (Å²) in [5, 5.41) is 10.5. The lowest BCUT2D eigenvalue weighted by Gasteiger charge is -2.26. The van der Waals surface area contributed by atoms with Gasteiger partial charge in [-0.2, -0.15) is 5.26 Å². The van der Waals surface area contributed by atoms with Crippen LogP contribution in [0.5, 0.6) is 11.5 Å². The summed E-state index contributed by atoms with van der Waals surface area (Å²) in [4.78, 5) is 15.9. The number of fused-ring (bicyclic) bond motifs is 3. The Hall–Kier alpha value is -4.50. The third-order valence-corrected chi connectivity index (χ3v) is 5.55. The van der Waals surface area contributed by atoms with E-state index in [-0.39, 0.29) is 17.0 Å². The summed E-state index contributed by atoms with van der Waals surface area (Å²) in [7, 11) is 0. The van der Waals surface area contributed by atoms with Crippen LogP contribution >= 0.6 is 0 Å². The van der Waals surface area contributed by atoms with Gasteiger partial charge < -0.3 is 20.2 Å². The van der Waals surface area contributed by atoms with Gasteiger partial charge in [0.1, 0.15) is 29.7 Å². The molecule has 0 amide bonds. The fourth-order valence-electron chi connectivity index (χ4n) is 4.00. The first-order valence-corrected chi connectivity index (χ1v) is 10.1. The van der Waals surface area contributed by atoms with E-state index in [0.29, 0.717) is 29.2 Å². The van der Waals surface area contributed by atoms with Crippen molar-refractivity contribution in [2.45, 2.75) is 12.5 Å². The normalized spacial score (nSPS) is 15.0. The summed E-state index contributed by atoms with van der Waals surface area (Å²) in [5.41, 5.74) is 8.84. The molecule has 0 spiro atoms. The third kappa shape index (κ3) is 3.36. The van der Waals surface area contributed by atoms with E-state index in [1.807, 2.05) is 72.8 Å². The number of nitrogens with zero attached hydrogens (tertiary/aromatic N) is 1. The number of hydrogen-bond donors (Lipinski definition) is 2. The van der Waals surface area contributed by atoms with E-state index in [9.17, 15) is 10.1 Å². The average Bonchev–Trinajstić information content (AvgIpc) is 2.83. The van der Waals surface area contributed by atoms with Crippen molar-refractivity contribution >= 4 is 10.9 Å². The molecule has 0 fully saturated rings. The first-order valence-electron chi connectivity index (χ1n) is 10.1. The van der Waals surface area contributed by atoms with Crippen molar-refractivity contribution < 1.29 is 9.47 Å². The standard InChI is InChI=1S/C26H19N3O3/c27-14-20-22(17-10-12-18(13-11-17)31-15-16-6-2-1-3-7-16)23-24(32-25(20)28)19-8-4-5-9-21(19)29-26(23)30/h1-13,22H,15,28H2,(H,29,30)/t22-/m0/s1. The highest BCUT2D eigenvalue weighted by Crippen LogP contribution is 2.43. The summed E-state index contributed by atoms with van der Waals surface area (Å²) in [6, 6.07) is 26.7. The number of nitriles is 1. The summed E-state index contributed by atoms with van der Waals surface area (Å²) < 4.78 is 11.6. The lowest BCUT2D eigenvalue weighted by atomic mass is 9.83. The molecule has 1 aliphatic heterocycles. The van der Waals surface area contributed by atoms with Crippen molar-refractivity contribution in [1.82, 2.24) is 4.98 Å². The van der Waals surface area contributed by atoms with Gasteiger partial charge in [-0.3, -0.25) is 4.79 Å². The molecule has 0 saturated heterocycles. The molecular weight excluding hydrogens is 402 g/mol. The maximum Gasteiger partial charge on any atom is 0.256 e. The lowest BCUT2D eigenvalue weighted by molar-refractivity contribution is 0.306. The van der Waals surface area contributed by atoms with Crippen LogP contribution in [0.15, 0.2) is 95.1 Å². The van der Waals surface area contributed by atoms with Crippen LogP contribution in [0.25, 0.3) is 10.9 Å². The smallest absolute Gasteiger partial charge is 0.256 e. The Morgan fingerprint density at radius 1 is 1.00 bits per heavy atom. The second kappa shape index (κ2) is 7.97. The molecule has 0 aliphatic carbocycles. The zero-order valence-electron chi connectivity index (χ0n) is 17.0. The number of aromatic amines is 1. The molecule has 1 atom stereocenters. The molecule has 156 valence electrons. The topological polar surface area (TPSA) is 101 Å². The molecule has 0 radical (unpaired) electrons. The van der Waals surface area contributed by atoms with Crippen molar-refractivity contribution in [3.05, 3.63) is 117 Å². The molecule has 1 aromatic heterocycles. The zero-order chi connectivity index (χ0) is 22.1. The van der Waals surface area contributed by atoms with Crippen LogP contribution in [-0.4, -0.2) is 4.98 Å². The summed E-state index contributed by atoms with van der Waals surface area (Å²) in [5.74, 6) is 0.438. The van der Waals surface area contributed by atoms with Crippen molar-refractivity contribution in [3.8, 4) is 17.6 Å². The average molecular weight is 421 g/mol. The van der Waals surface area contributed by atoms with Crippen LogP contribution in [0, 0.1) is 11.3 Å². The van der Waals surface area contributed by atoms with Gasteiger partial charge in [0.25, 0.3) is 5.56 Å². The van der Waals surface area contributed by atoms with Crippen LogP contribution in [0.2, 0.25) is 0 Å². The van der Waals surface area contributed by atoms with Gasteiger partial charge in [-0.1, -0.05) is 54.6 Å². The molecule has 5 rings (SSSR count). The molecular formula is C26H19N3O3. The van der Waals surface area contributed by atoms with Crippen LogP contribution in [-0.2, 0) is 6.61 Å². The SMILES string of the molecule is N#CC1=C(N)Oc2c(c(=O)[nH]c3ccccc23)[C@H]1c1ccc(OCc2ccccc2)cc1. The Labute approximate surface area is 184 Å². The summed E-state index contributed by atoms with van der Waals surface area (Å²) in [6.07, 6.45) is 0. The largest absolute Gasteiger partial charge is 0.489 e. The van der Waals surface area contributed by atoms with Crippen LogP contribution in [0.1, 0.15) is 22.6 Å². The van der Waals surface area contributed by atoms with Gasteiger partial charge >= 0.3 is 0 Å². The first kappa shape index (κ1) is 19.5. The minimum atomic E-state index is -0.639. The monoisotopic (exact) mass is 421 g/mol. The van der Waals surface area contributed by atoms with Gasteiger partial charge in [0.05, 0.1) is 17.0 Å². The Kier molecular flexibility index (Phi) is 4.85. The highest BCUT2D eigenvalue weighted by molar-refractivity contribution is 5.87. The van der Waals surface area contributed by atoms with Gasteiger partial charge in [0, 0.05) is 5.39 Å². The minimum Gasteiger partial charge on any atom is -0.489 e. The molecule has 4 aromatic rings. The van der Waals surface area contributed by atoms with E-state index < -0.39 is 5.92 Å². The molecule has 0 bridgehead atoms. The Balaban J connectivity index is 1.55. The van der Waals surface area contributed by atoms with Crippen LogP contribution < -0.4 is 20.8 Å². The van der Waals surface area contributed by atoms with Gasteiger partial charge in [-0.05, 0) is 35.4 Å². The molecule has 32 heavy (non-hydrogen) atoms. The highest BCUT2D eigenvalue weighted by atomic mass is 16.5. The Bertz CT molecular complexity index is 1430. The van der Waals surface area contributed by atoms with Crippen molar-refractivity contribution in [2.24, 2.45) is 5.73 Å². The molecule has 1 aliphatic rings. The maximum atomic E-state index is 13.0. The predicted molar refractivity (Wildman–Crippen MR) is 121 cm³/mol. The number of para-hydroxylation sites is 1. The zero-order valence-corrected chi connectivity index (χ0v) is 17.0. The first-order chi connectivity index (χ1) is 15.7. The minimum absolute atomic E-state index is 0.00478. The van der Waals surface area contributed by atoms with Gasteiger partial charge in [-0.25, -0.2) is 0 Å². The van der Waals surface area contributed by atoms with E-state index >= 15 is 0 Å². The van der Waals surface area contributed by atoms with Crippen molar-refractivity contribution in [2.75, 3.05) is 0 Å².